The van der Waals surface area contributed by atoms with Crippen molar-refractivity contribution in [3.63, 3.8) is 0 Å². The summed E-state index contributed by atoms with van der Waals surface area (Å²) in [6, 6.07) is 13.6. The Balaban J connectivity index is 1.93. The molecule has 0 radical (unpaired) electrons. The van der Waals surface area contributed by atoms with E-state index >= 15 is 0 Å². The van der Waals surface area contributed by atoms with Crippen molar-refractivity contribution in [2.45, 2.75) is 26.3 Å². The summed E-state index contributed by atoms with van der Waals surface area (Å²) >= 11 is 0. The van der Waals surface area contributed by atoms with E-state index in [9.17, 15) is 8.42 Å². The fourth-order valence-corrected chi connectivity index (χ4v) is 2.75. The number of aryl methyl sites for hydroxylation is 1. The molecule has 0 spiro atoms. The van der Waals surface area contributed by atoms with Crippen molar-refractivity contribution in [2.24, 2.45) is 5.10 Å². The summed E-state index contributed by atoms with van der Waals surface area (Å²) in [5.41, 5.74) is 5.77. The third kappa shape index (κ3) is 6.47. The highest BCUT2D eigenvalue weighted by Crippen LogP contribution is 2.06. The summed E-state index contributed by atoms with van der Waals surface area (Å²) in [6.45, 7) is 2.61. The smallest absolute Gasteiger partial charge is 0.264 e. The zero-order valence-corrected chi connectivity index (χ0v) is 14.4. The van der Waals surface area contributed by atoms with Crippen molar-refractivity contribution in [3.8, 4) is 0 Å². The molecule has 128 valence electrons. The molecule has 0 saturated heterocycles. The zero-order chi connectivity index (χ0) is 17.4. The molecule has 0 saturated carbocycles. The Kier molecular flexibility index (Phi) is 6.45. The van der Waals surface area contributed by atoms with Crippen molar-refractivity contribution in [1.82, 2.24) is 0 Å². The van der Waals surface area contributed by atoms with Crippen molar-refractivity contribution < 1.29 is 17.5 Å². The summed E-state index contributed by atoms with van der Waals surface area (Å²) in [4.78, 5) is 0. The van der Waals surface area contributed by atoms with Crippen LogP contribution in [0, 0.1) is 0 Å². The number of unbranched alkanes of at least 4 members (excludes halogenated alkanes) is 1. The van der Waals surface area contributed by atoms with E-state index in [0.717, 1.165) is 17.0 Å². The molecule has 2 N–H and O–H groups in total. The second-order valence-electron chi connectivity index (χ2n) is 5.50. The maximum atomic E-state index is 10.7. The first-order valence-electron chi connectivity index (χ1n) is 7.74. The van der Waals surface area contributed by atoms with Crippen LogP contribution in [0.1, 0.15) is 25.3 Å². The van der Waals surface area contributed by atoms with Crippen LogP contribution in [0.3, 0.4) is 0 Å². The summed E-state index contributed by atoms with van der Waals surface area (Å²) in [5.74, 6) is -0.200. The number of benzene rings is 1. The minimum atomic E-state index is -3.87. The first-order chi connectivity index (χ1) is 11.4. The van der Waals surface area contributed by atoms with Crippen LogP contribution in [0.2, 0.25) is 0 Å². The predicted molar refractivity (Wildman–Crippen MR) is 94.6 cm³/mol. The van der Waals surface area contributed by atoms with Crippen LogP contribution in [-0.4, -0.2) is 24.4 Å². The van der Waals surface area contributed by atoms with Gasteiger partial charge in [0.25, 0.3) is 10.1 Å². The van der Waals surface area contributed by atoms with Crippen LogP contribution in [0.15, 0.2) is 60.0 Å². The minimum absolute atomic E-state index is 0.200. The average Bonchev–Trinajstić information content (AvgIpc) is 2.57. The molecule has 1 aromatic carbocycles. The second kappa shape index (κ2) is 8.56. The molecule has 0 aliphatic carbocycles. The Morgan fingerprint density at radius 1 is 1.17 bits per heavy atom. The number of pyridine rings is 1. The summed E-state index contributed by atoms with van der Waals surface area (Å²) in [7, 11) is -3.87. The average molecular weight is 348 g/mol. The third-order valence-corrected chi connectivity index (χ3v) is 4.28. The number of para-hydroxylation sites is 1. The summed E-state index contributed by atoms with van der Waals surface area (Å²) < 4.78 is 32.1. The van der Waals surface area contributed by atoms with Crippen molar-refractivity contribution >= 4 is 21.5 Å². The molecule has 0 unspecified atom stereocenters. The lowest BCUT2D eigenvalue weighted by Crippen LogP contribution is -2.34. The van der Waals surface area contributed by atoms with E-state index in [-0.39, 0.29) is 5.75 Å². The predicted octanol–water partition coefficient (Wildman–Crippen LogP) is 2.48. The van der Waals surface area contributed by atoms with E-state index in [2.05, 4.69) is 10.5 Å². The number of nitrogens with one attached hydrogen (secondary N) is 1. The number of anilines is 1. The first-order valence-corrected chi connectivity index (χ1v) is 9.35. The normalized spacial score (nSPS) is 12.2. The Hall–Kier alpha value is -2.25. The highest BCUT2D eigenvalue weighted by molar-refractivity contribution is 7.85. The van der Waals surface area contributed by atoms with Gasteiger partial charge in [0.2, 0.25) is 0 Å². The Bertz CT molecular complexity index is 790. The lowest BCUT2D eigenvalue weighted by Gasteiger charge is -2.03. The number of hydrogen-bond donors (Lipinski definition) is 2. The lowest BCUT2D eigenvalue weighted by atomic mass is 10.2. The molecule has 6 nitrogen and oxygen atoms in total. The number of rotatable bonds is 8. The monoisotopic (exact) mass is 348 g/mol. The molecule has 0 aliphatic rings. The van der Waals surface area contributed by atoms with E-state index in [1.807, 2.05) is 66.3 Å². The topological polar surface area (TPSA) is 82.6 Å². The Morgan fingerprint density at radius 3 is 2.62 bits per heavy atom. The zero-order valence-electron chi connectivity index (χ0n) is 13.6. The molecule has 1 heterocycles. The van der Waals surface area contributed by atoms with Crippen LogP contribution in [0.4, 0.5) is 5.69 Å². The molecule has 0 bridgehead atoms. The standard InChI is InChI=1S/C17H21N3O3S/c1-15(18-19-17-9-3-2-4-10-17)16-8-7-12-20(14-16)11-5-6-13-24(21,22)23/h2-4,7-10,12,14,19H,5-6,11,13H2,1H3/p+1. The molecule has 1 aromatic heterocycles. The van der Waals surface area contributed by atoms with E-state index in [1.54, 1.807) is 0 Å². The van der Waals surface area contributed by atoms with Gasteiger partial charge in [-0.05, 0) is 31.5 Å². The van der Waals surface area contributed by atoms with Gasteiger partial charge in [0.05, 0.1) is 22.7 Å². The van der Waals surface area contributed by atoms with Crippen LogP contribution in [0.25, 0.3) is 0 Å². The maximum Gasteiger partial charge on any atom is 0.264 e. The molecule has 7 heteroatoms. The van der Waals surface area contributed by atoms with Crippen molar-refractivity contribution in [3.05, 3.63) is 60.4 Å². The van der Waals surface area contributed by atoms with E-state index in [0.29, 0.717) is 19.4 Å². The molecule has 2 rings (SSSR count). The SMILES string of the molecule is CC(=NNc1ccccc1)c1ccc[n+](CCCCS(=O)(=O)O)c1. The minimum Gasteiger partial charge on any atom is -0.286 e. The molecular formula is C17H22N3O3S+. The van der Waals surface area contributed by atoms with Gasteiger partial charge < -0.3 is 0 Å². The highest BCUT2D eigenvalue weighted by Gasteiger charge is 2.08. The maximum absolute atomic E-state index is 10.7. The van der Waals surface area contributed by atoms with Crippen LogP contribution in [0.5, 0.6) is 0 Å². The fourth-order valence-electron chi connectivity index (χ4n) is 2.18. The first kappa shape index (κ1) is 18.1. The summed E-state index contributed by atoms with van der Waals surface area (Å²) in [6.07, 6.45) is 5.00. The molecule has 0 amide bonds. The van der Waals surface area contributed by atoms with Gasteiger partial charge in [0.1, 0.15) is 6.54 Å². The van der Waals surface area contributed by atoms with Crippen molar-refractivity contribution in [1.29, 1.82) is 0 Å². The van der Waals surface area contributed by atoms with Gasteiger partial charge in [0.15, 0.2) is 12.4 Å². The quantitative estimate of drug-likeness (QED) is 0.252. The molecule has 24 heavy (non-hydrogen) atoms. The molecule has 0 atom stereocenters. The molecular weight excluding hydrogens is 326 g/mol. The van der Waals surface area contributed by atoms with Gasteiger partial charge in [-0.1, -0.05) is 18.2 Å². The number of hydrogen-bond acceptors (Lipinski definition) is 4. The number of hydrazone groups is 1. The largest absolute Gasteiger partial charge is 0.286 e. The Labute approximate surface area is 142 Å². The molecule has 0 aliphatic heterocycles. The third-order valence-electron chi connectivity index (χ3n) is 3.47. The van der Waals surface area contributed by atoms with Gasteiger partial charge in [-0.3, -0.25) is 9.98 Å². The summed E-state index contributed by atoms with van der Waals surface area (Å²) in [5, 5.41) is 4.38. The number of nitrogens with zero attached hydrogens (tertiary/aromatic N) is 2. The van der Waals surface area contributed by atoms with E-state index in [1.165, 1.54) is 0 Å². The van der Waals surface area contributed by atoms with Gasteiger partial charge >= 0.3 is 0 Å². The van der Waals surface area contributed by atoms with Crippen LogP contribution in [-0.2, 0) is 16.7 Å². The number of aromatic nitrogens is 1. The van der Waals surface area contributed by atoms with Gasteiger partial charge in [-0.15, -0.1) is 0 Å². The molecule has 0 fully saturated rings. The molecule has 2 aromatic rings. The van der Waals surface area contributed by atoms with Gasteiger partial charge in [-0.2, -0.15) is 13.5 Å². The van der Waals surface area contributed by atoms with Gasteiger partial charge in [-0.25, -0.2) is 4.57 Å². The van der Waals surface area contributed by atoms with Gasteiger partial charge in [0, 0.05) is 12.5 Å². The Morgan fingerprint density at radius 2 is 1.92 bits per heavy atom. The second-order valence-corrected chi connectivity index (χ2v) is 7.07. The lowest BCUT2D eigenvalue weighted by molar-refractivity contribution is -0.697. The fraction of sp³-hybridized carbons (Fsp3) is 0.294. The highest BCUT2D eigenvalue weighted by atomic mass is 32.2. The van der Waals surface area contributed by atoms with Crippen LogP contribution >= 0.6 is 0 Å². The van der Waals surface area contributed by atoms with E-state index < -0.39 is 10.1 Å². The van der Waals surface area contributed by atoms with Crippen LogP contribution < -0.4 is 9.99 Å². The van der Waals surface area contributed by atoms with Crippen molar-refractivity contribution in [2.75, 3.05) is 11.2 Å². The van der Waals surface area contributed by atoms with E-state index in [4.69, 9.17) is 4.55 Å².